The fourth-order valence-electron chi connectivity index (χ4n) is 2.84. The predicted molar refractivity (Wildman–Crippen MR) is 108 cm³/mol. The Bertz CT molecular complexity index is 1170. The summed E-state index contributed by atoms with van der Waals surface area (Å²) in [7, 11) is 0. The highest BCUT2D eigenvalue weighted by Crippen LogP contribution is 2.24. The second-order valence-corrected chi connectivity index (χ2v) is 6.34. The lowest BCUT2D eigenvalue weighted by atomic mass is 10.1. The Labute approximate surface area is 171 Å². The Morgan fingerprint density at radius 3 is 2.57 bits per heavy atom. The highest BCUT2D eigenvalue weighted by molar-refractivity contribution is 5.77. The Hall–Kier alpha value is -4.34. The number of nitro groups is 1. The molecule has 0 saturated heterocycles. The van der Waals surface area contributed by atoms with Crippen molar-refractivity contribution in [2.45, 2.75) is 13.5 Å². The number of allylic oxidation sites excluding steroid dienone is 1. The number of rotatable bonds is 7. The molecule has 4 aromatic rings. The number of nitro benzene ring substituents is 1. The molecule has 0 aliphatic carbocycles. The maximum Gasteiger partial charge on any atom is 0.269 e. The van der Waals surface area contributed by atoms with Gasteiger partial charge in [-0.2, -0.15) is 5.10 Å². The van der Waals surface area contributed by atoms with Crippen LogP contribution in [0.4, 0.5) is 5.69 Å². The van der Waals surface area contributed by atoms with E-state index in [1.54, 1.807) is 34.0 Å². The highest BCUT2D eigenvalue weighted by Gasteiger charge is 2.12. The molecule has 10 heteroatoms. The lowest BCUT2D eigenvalue weighted by molar-refractivity contribution is -0.384. The lowest BCUT2D eigenvalue weighted by Crippen LogP contribution is -2.02. The van der Waals surface area contributed by atoms with Gasteiger partial charge in [0.25, 0.3) is 5.69 Å². The minimum absolute atomic E-state index is 0.0173. The van der Waals surface area contributed by atoms with Crippen LogP contribution in [0.15, 0.2) is 73.4 Å². The Kier molecular flexibility index (Phi) is 5.29. The molecule has 0 aliphatic rings. The zero-order valence-electron chi connectivity index (χ0n) is 16.0. The summed E-state index contributed by atoms with van der Waals surface area (Å²) in [6, 6.07) is 15.8. The van der Waals surface area contributed by atoms with Crippen LogP contribution in [-0.2, 0) is 11.3 Å². The second kappa shape index (κ2) is 8.35. The molecule has 0 saturated carbocycles. The van der Waals surface area contributed by atoms with Crippen LogP contribution in [0.3, 0.4) is 0 Å². The molecular weight excluding hydrogens is 386 g/mol. The first kappa shape index (κ1) is 19.0. The summed E-state index contributed by atoms with van der Waals surface area (Å²) < 4.78 is 9.26. The Morgan fingerprint density at radius 2 is 1.90 bits per heavy atom. The van der Waals surface area contributed by atoms with Gasteiger partial charge in [0, 0.05) is 17.7 Å². The molecule has 10 nitrogen and oxygen atoms in total. The topological polar surface area (TPSA) is 114 Å². The van der Waals surface area contributed by atoms with Crippen LogP contribution >= 0.6 is 0 Å². The summed E-state index contributed by atoms with van der Waals surface area (Å²) in [6.45, 7) is 2.08. The minimum atomic E-state index is -0.445. The van der Waals surface area contributed by atoms with Gasteiger partial charge in [-0.05, 0) is 19.1 Å². The number of benzene rings is 2. The SMILES string of the molecule is C/C(=C(/OCc1cn(-c2ccc([N+](=O)[O-])cc2)nn1)c1ccccc1)n1cncn1. The number of hydrogen-bond donors (Lipinski definition) is 0. The first-order chi connectivity index (χ1) is 14.6. The maximum absolute atomic E-state index is 10.8. The lowest BCUT2D eigenvalue weighted by Gasteiger charge is -2.13. The fraction of sp³-hybridized carbons (Fsp3) is 0.100. The van der Waals surface area contributed by atoms with E-state index in [9.17, 15) is 10.1 Å². The summed E-state index contributed by atoms with van der Waals surface area (Å²) >= 11 is 0. The summed E-state index contributed by atoms with van der Waals surface area (Å²) in [4.78, 5) is 14.3. The fourth-order valence-corrected chi connectivity index (χ4v) is 2.84. The van der Waals surface area contributed by atoms with E-state index >= 15 is 0 Å². The molecule has 0 unspecified atom stereocenters. The van der Waals surface area contributed by atoms with Crippen LogP contribution in [0.2, 0.25) is 0 Å². The smallest absolute Gasteiger partial charge is 0.269 e. The van der Waals surface area contributed by atoms with Gasteiger partial charge in [-0.15, -0.1) is 5.10 Å². The van der Waals surface area contributed by atoms with Crippen molar-refractivity contribution >= 4 is 17.1 Å². The molecule has 150 valence electrons. The summed E-state index contributed by atoms with van der Waals surface area (Å²) in [6.07, 6.45) is 4.78. The van der Waals surface area contributed by atoms with Crippen LogP contribution in [0.25, 0.3) is 17.1 Å². The van der Waals surface area contributed by atoms with Gasteiger partial charge >= 0.3 is 0 Å². The van der Waals surface area contributed by atoms with Gasteiger partial charge < -0.3 is 4.74 Å². The van der Waals surface area contributed by atoms with Crippen molar-refractivity contribution in [2.75, 3.05) is 0 Å². The third-order valence-corrected chi connectivity index (χ3v) is 4.36. The van der Waals surface area contributed by atoms with Crippen molar-refractivity contribution in [1.29, 1.82) is 0 Å². The van der Waals surface area contributed by atoms with E-state index in [1.807, 2.05) is 37.3 Å². The molecule has 0 spiro atoms. The zero-order valence-corrected chi connectivity index (χ0v) is 16.0. The van der Waals surface area contributed by atoms with Crippen LogP contribution in [0.5, 0.6) is 0 Å². The average Bonchev–Trinajstić information content (AvgIpc) is 3.47. The molecular formula is C20H17N7O3. The monoisotopic (exact) mass is 403 g/mol. The molecule has 0 aliphatic heterocycles. The Balaban J connectivity index is 1.55. The van der Waals surface area contributed by atoms with Crippen molar-refractivity contribution < 1.29 is 9.66 Å². The van der Waals surface area contributed by atoms with Crippen LogP contribution in [-0.4, -0.2) is 34.7 Å². The molecule has 30 heavy (non-hydrogen) atoms. The van der Waals surface area contributed by atoms with Gasteiger partial charge in [0.1, 0.15) is 30.7 Å². The second-order valence-electron chi connectivity index (χ2n) is 6.34. The molecule has 2 aromatic carbocycles. The molecule has 2 heterocycles. The third kappa shape index (κ3) is 4.07. The molecule has 0 bridgehead atoms. The van der Waals surface area contributed by atoms with Gasteiger partial charge in [-0.1, -0.05) is 35.5 Å². The zero-order chi connectivity index (χ0) is 20.9. The minimum Gasteiger partial charge on any atom is -0.485 e. The van der Waals surface area contributed by atoms with Crippen LogP contribution in [0.1, 0.15) is 18.2 Å². The van der Waals surface area contributed by atoms with Crippen molar-refractivity contribution in [2.24, 2.45) is 0 Å². The molecule has 0 radical (unpaired) electrons. The number of hydrogen-bond acceptors (Lipinski definition) is 7. The molecule has 0 atom stereocenters. The highest BCUT2D eigenvalue weighted by atomic mass is 16.6. The molecule has 0 fully saturated rings. The van der Waals surface area contributed by atoms with Gasteiger partial charge in [-0.25, -0.2) is 14.3 Å². The largest absolute Gasteiger partial charge is 0.485 e. The van der Waals surface area contributed by atoms with E-state index in [-0.39, 0.29) is 12.3 Å². The van der Waals surface area contributed by atoms with Crippen molar-refractivity contribution in [3.8, 4) is 5.69 Å². The predicted octanol–water partition coefficient (Wildman–Crippen LogP) is 3.33. The van der Waals surface area contributed by atoms with Crippen molar-refractivity contribution in [3.05, 3.63) is 94.8 Å². The Morgan fingerprint density at radius 1 is 1.13 bits per heavy atom. The average molecular weight is 403 g/mol. The first-order valence-electron chi connectivity index (χ1n) is 9.02. The summed E-state index contributed by atoms with van der Waals surface area (Å²) in [5.41, 5.74) is 2.96. The van der Waals surface area contributed by atoms with Gasteiger partial charge in [0.15, 0.2) is 0 Å². The van der Waals surface area contributed by atoms with Crippen LogP contribution < -0.4 is 0 Å². The summed E-state index contributed by atoms with van der Waals surface area (Å²) in [5.74, 6) is 0.644. The van der Waals surface area contributed by atoms with Gasteiger partial charge in [0.2, 0.25) is 0 Å². The van der Waals surface area contributed by atoms with E-state index in [2.05, 4.69) is 20.4 Å². The molecule has 4 rings (SSSR count). The number of ether oxygens (including phenoxy) is 1. The van der Waals surface area contributed by atoms with Crippen LogP contribution in [0, 0.1) is 10.1 Å². The maximum atomic E-state index is 10.8. The van der Waals surface area contributed by atoms with Crippen molar-refractivity contribution in [1.82, 2.24) is 29.8 Å². The molecule has 0 amide bonds. The van der Waals surface area contributed by atoms with Gasteiger partial charge in [0.05, 0.1) is 22.5 Å². The normalized spacial score (nSPS) is 11.8. The van der Waals surface area contributed by atoms with E-state index in [0.717, 1.165) is 11.3 Å². The standard InChI is InChI=1S/C20H17N7O3/c1-15(26-14-21-13-22-26)20(16-5-3-2-4-6-16)30-12-17-11-25(24-23-17)18-7-9-19(10-8-18)27(28)29/h2-11,13-14H,12H2,1H3/b20-15-. The number of aromatic nitrogens is 6. The summed E-state index contributed by atoms with van der Waals surface area (Å²) in [5, 5.41) is 23.2. The number of non-ortho nitro benzene ring substituents is 1. The number of nitrogens with zero attached hydrogens (tertiary/aromatic N) is 7. The quantitative estimate of drug-likeness (QED) is 0.264. The first-order valence-corrected chi connectivity index (χ1v) is 9.02. The van der Waals surface area contributed by atoms with E-state index in [0.29, 0.717) is 17.1 Å². The molecule has 2 aromatic heterocycles. The van der Waals surface area contributed by atoms with Gasteiger partial charge in [-0.3, -0.25) is 10.1 Å². The van der Waals surface area contributed by atoms with E-state index < -0.39 is 4.92 Å². The van der Waals surface area contributed by atoms with Crippen molar-refractivity contribution in [3.63, 3.8) is 0 Å². The third-order valence-electron chi connectivity index (χ3n) is 4.36. The molecule has 0 N–H and O–H groups in total. The van der Waals surface area contributed by atoms with E-state index in [4.69, 9.17) is 4.74 Å². The van der Waals surface area contributed by atoms with E-state index in [1.165, 1.54) is 18.5 Å².